The fraction of sp³-hybridized carbons (Fsp3) is 0.350. The third-order valence-corrected chi connectivity index (χ3v) is 5.19. The second-order valence-corrected chi connectivity index (χ2v) is 7.09. The van der Waals surface area contributed by atoms with Gasteiger partial charge in [0.25, 0.3) is 0 Å². The molecule has 3 aromatic rings. The molecule has 0 aliphatic carbocycles. The lowest BCUT2D eigenvalue weighted by Gasteiger charge is -2.38. The number of hydrogen-bond acceptors (Lipinski definition) is 5. The molecule has 1 N–H and O–H groups in total. The highest BCUT2D eigenvalue weighted by molar-refractivity contribution is 5.76. The van der Waals surface area contributed by atoms with Gasteiger partial charge in [-0.05, 0) is 37.5 Å². The van der Waals surface area contributed by atoms with Gasteiger partial charge in [0, 0.05) is 31.4 Å². The standard InChI is InChI=1S/C20H22N4O3/c1-15-11-21-24(12-15)20(19(25)26)7-9-23(10-8-20)13-17-14-27-18(22-17)16-5-3-2-4-6-16/h2-6,11-12,14H,7-10,13H2,1H3,(H,25,26). The molecule has 0 unspecified atom stereocenters. The Labute approximate surface area is 157 Å². The highest BCUT2D eigenvalue weighted by Crippen LogP contribution is 2.31. The van der Waals surface area contributed by atoms with Gasteiger partial charge in [0.1, 0.15) is 6.26 Å². The number of piperidine rings is 1. The van der Waals surface area contributed by atoms with Crippen molar-refractivity contribution in [1.82, 2.24) is 19.7 Å². The molecule has 7 nitrogen and oxygen atoms in total. The van der Waals surface area contributed by atoms with Crippen molar-refractivity contribution in [3.8, 4) is 11.5 Å². The predicted octanol–water partition coefficient (Wildman–Crippen LogP) is 2.92. The third-order valence-electron chi connectivity index (χ3n) is 5.19. The van der Waals surface area contributed by atoms with E-state index in [9.17, 15) is 9.90 Å². The van der Waals surface area contributed by atoms with E-state index in [-0.39, 0.29) is 0 Å². The second kappa shape index (κ2) is 7.00. The van der Waals surface area contributed by atoms with Crippen LogP contribution in [0.15, 0.2) is 53.4 Å². The topological polar surface area (TPSA) is 84.4 Å². The first kappa shape index (κ1) is 17.5. The lowest BCUT2D eigenvalue weighted by Crippen LogP contribution is -2.51. The van der Waals surface area contributed by atoms with Crippen LogP contribution in [0.2, 0.25) is 0 Å². The average Bonchev–Trinajstić information content (AvgIpc) is 3.32. The Bertz CT molecular complexity index is 924. The number of hydrogen-bond donors (Lipinski definition) is 1. The van der Waals surface area contributed by atoms with Crippen molar-refractivity contribution in [1.29, 1.82) is 0 Å². The Balaban J connectivity index is 1.44. The summed E-state index contributed by atoms with van der Waals surface area (Å²) in [6, 6.07) is 9.78. The van der Waals surface area contributed by atoms with Gasteiger partial charge < -0.3 is 9.52 Å². The normalized spacial score (nSPS) is 17.1. The van der Waals surface area contributed by atoms with Crippen LogP contribution in [0.25, 0.3) is 11.5 Å². The number of oxazole rings is 1. The molecule has 1 aliphatic rings. The summed E-state index contributed by atoms with van der Waals surface area (Å²) in [4.78, 5) is 18.8. The van der Waals surface area contributed by atoms with E-state index in [0.29, 0.717) is 38.4 Å². The Hall–Kier alpha value is -2.93. The van der Waals surface area contributed by atoms with Crippen molar-refractivity contribution in [2.24, 2.45) is 0 Å². The van der Waals surface area contributed by atoms with Crippen LogP contribution in [0.4, 0.5) is 0 Å². The Morgan fingerprint density at radius 2 is 2.00 bits per heavy atom. The van der Waals surface area contributed by atoms with Gasteiger partial charge in [-0.25, -0.2) is 9.78 Å². The van der Waals surface area contributed by atoms with Crippen LogP contribution >= 0.6 is 0 Å². The number of carboxylic acid groups (broad SMARTS) is 1. The molecule has 1 fully saturated rings. The summed E-state index contributed by atoms with van der Waals surface area (Å²) in [5, 5.41) is 14.1. The highest BCUT2D eigenvalue weighted by Gasteiger charge is 2.44. The molecule has 0 atom stereocenters. The van der Waals surface area contributed by atoms with Crippen LogP contribution in [0.5, 0.6) is 0 Å². The lowest BCUT2D eigenvalue weighted by atomic mass is 9.87. The van der Waals surface area contributed by atoms with E-state index in [1.807, 2.05) is 43.5 Å². The molecule has 140 valence electrons. The molecule has 0 bridgehead atoms. The molecule has 7 heteroatoms. The van der Waals surface area contributed by atoms with Gasteiger partial charge in [0.05, 0.1) is 11.9 Å². The van der Waals surface area contributed by atoms with Crippen molar-refractivity contribution in [3.63, 3.8) is 0 Å². The average molecular weight is 366 g/mol. The maximum absolute atomic E-state index is 12.0. The molecule has 0 amide bonds. The van der Waals surface area contributed by atoms with E-state index in [4.69, 9.17) is 4.42 Å². The highest BCUT2D eigenvalue weighted by atomic mass is 16.4. The Morgan fingerprint density at radius 3 is 2.63 bits per heavy atom. The van der Waals surface area contributed by atoms with Crippen molar-refractivity contribution < 1.29 is 14.3 Å². The van der Waals surface area contributed by atoms with Gasteiger partial charge in [-0.3, -0.25) is 9.58 Å². The number of likely N-dealkylation sites (tertiary alicyclic amines) is 1. The molecule has 4 rings (SSSR count). The molecule has 3 heterocycles. The molecule has 0 saturated carbocycles. The van der Waals surface area contributed by atoms with Crippen LogP contribution in [0.3, 0.4) is 0 Å². The lowest BCUT2D eigenvalue weighted by molar-refractivity contribution is -0.151. The summed E-state index contributed by atoms with van der Waals surface area (Å²) >= 11 is 0. The first-order valence-corrected chi connectivity index (χ1v) is 9.04. The predicted molar refractivity (Wildman–Crippen MR) is 99.0 cm³/mol. The van der Waals surface area contributed by atoms with Crippen LogP contribution in [0, 0.1) is 6.92 Å². The van der Waals surface area contributed by atoms with Gasteiger partial charge >= 0.3 is 5.97 Å². The van der Waals surface area contributed by atoms with Gasteiger partial charge in [0.15, 0.2) is 5.54 Å². The number of rotatable bonds is 5. The number of carbonyl (C=O) groups is 1. The number of nitrogens with zero attached hydrogens (tertiary/aromatic N) is 4. The van der Waals surface area contributed by atoms with Gasteiger partial charge in [-0.1, -0.05) is 18.2 Å². The van der Waals surface area contributed by atoms with Crippen LogP contribution in [-0.2, 0) is 16.9 Å². The number of aromatic nitrogens is 3. The van der Waals surface area contributed by atoms with Gasteiger partial charge in [-0.2, -0.15) is 5.10 Å². The second-order valence-electron chi connectivity index (χ2n) is 7.09. The minimum absolute atomic E-state index is 0.507. The van der Waals surface area contributed by atoms with E-state index < -0.39 is 11.5 Å². The molecule has 1 aliphatic heterocycles. The van der Waals surface area contributed by atoms with E-state index in [1.165, 1.54) is 0 Å². The monoisotopic (exact) mass is 366 g/mol. The summed E-state index contributed by atoms with van der Waals surface area (Å²) in [6.07, 6.45) is 6.21. The van der Waals surface area contributed by atoms with Crippen molar-refractivity contribution in [3.05, 3.63) is 60.2 Å². The summed E-state index contributed by atoms with van der Waals surface area (Å²) < 4.78 is 7.21. The first-order chi connectivity index (χ1) is 13.1. The van der Waals surface area contributed by atoms with Crippen LogP contribution < -0.4 is 0 Å². The van der Waals surface area contributed by atoms with Gasteiger partial charge in [-0.15, -0.1) is 0 Å². The minimum Gasteiger partial charge on any atom is -0.479 e. The number of benzene rings is 1. The SMILES string of the molecule is Cc1cnn(C2(C(=O)O)CCN(Cc3coc(-c4ccccc4)n3)CC2)c1. The molecule has 0 radical (unpaired) electrons. The molecule has 0 spiro atoms. The van der Waals surface area contributed by atoms with E-state index in [0.717, 1.165) is 16.8 Å². The zero-order chi connectivity index (χ0) is 18.9. The van der Waals surface area contributed by atoms with Crippen LogP contribution in [0.1, 0.15) is 24.1 Å². The van der Waals surface area contributed by atoms with E-state index in [1.54, 1.807) is 17.1 Å². The van der Waals surface area contributed by atoms with Crippen LogP contribution in [-0.4, -0.2) is 43.8 Å². The van der Waals surface area contributed by atoms with Crippen molar-refractivity contribution in [2.75, 3.05) is 13.1 Å². The zero-order valence-corrected chi connectivity index (χ0v) is 15.2. The number of carboxylic acids is 1. The van der Waals surface area contributed by atoms with E-state index in [2.05, 4.69) is 15.0 Å². The smallest absolute Gasteiger partial charge is 0.331 e. The first-order valence-electron chi connectivity index (χ1n) is 9.04. The zero-order valence-electron chi connectivity index (χ0n) is 15.2. The minimum atomic E-state index is -0.968. The molecular formula is C20H22N4O3. The maximum atomic E-state index is 12.0. The summed E-state index contributed by atoms with van der Waals surface area (Å²) in [7, 11) is 0. The molecule has 1 aromatic carbocycles. The maximum Gasteiger partial charge on any atom is 0.331 e. The quantitative estimate of drug-likeness (QED) is 0.747. The Kier molecular flexibility index (Phi) is 4.53. The Morgan fingerprint density at radius 1 is 1.26 bits per heavy atom. The van der Waals surface area contributed by atoms with Gasteiger partial charge in [0.2, 0.25) is 5.89 Å². The molecule has 1 saturated heterocycles. The molecule has 2 aromatic heterocycles. The third kappa shape index (κ3) is 3.38. The fourth-order valence-corrected chi connectivity index (χ4v) is 3.59. The summed E-state index contributed by atoms with van der Waals surface area (Å²) in [5.41, 5.74) is 1.80. The largest absolute Gasteiger partial charge is 0.479 e. The van der Waals surface area contributed by atoms with E-state index >= 15 is 0 Å². The van der Waals surface area contributed by atoms with Crippen molar-refractivity contribution >= 4 is 5.97 Å². The van der Waals surface area contributed by atoms with Crippen molar-refractivity contribution in [2.45, 2.75) is 31.8 Å². The number of aryl methyl sites for hydroxylation is 1. The molecule has 27 heavy (non-hydrogen) atoms. The number of aliphatic carboxylic acids is 1. The molecular weight excluding hydrogens is 344 g/mol. The summed E-state index contributed by atoms with van der Waals surface area (Å²) in [5.74, 6) is -0.215. The summed E-state index contributed by atoms with van der Waals surface area (Å²) in [6.45, 7) is 3.89. The fourth-order valence-electron chi connectivity index (χ4n) is 3.59.